The molecular formula is C12H17N5O4. The van der Waals surface area contributed by atoms with E-state index in [0.717, 1.165) is 0 Å². The summed E-state index contributed by atoms with van der Waals surface area (Å²) in [6.45, 7) is 2.81. The topological polar surface area (TPSA) is 117 Å². The quantitative estimate of drug-likeness (QED) is 0.576. The second-order valence-electron chi connectivity index (χ2n) is 4.61. The maximum Gasteiger partial charge on any atom is 0.316 e. The van der Waals surface area contributed by atoms with E-state index in [4.69, 9.17) is 4.74 Å². The molecule has 0 spiro atoms. The van der Waals surface area contributed by atoms with Gasteiger partial charge in [-0.3, -0.25) is 19.7 Å². The number of piperidine rings is 1. The lowest BCUT2D eigenvalue weighted by Gasteiger charge is -2.30. The Kier molecular flexibility index (Phi) is 4.85. The van der Waals surface area contributed by atoms with Crippen LogP contribution in [0.5, 0.6) is 0 Å². The first-order chi connectivity index (χ1) is 10.1. The van der Waals surface area contributed by atoms with Crippen LogP contribution < -0.4 is 5.32 Å². The van der Waals surface area contributed by atoms with Gasteiger partial charge in [0.15, 0.2) is 0 Å². The molecule has 0 saturated carbocycles. The van der Waals surface area contributed by atoms with Gasteiger partial charge in [0.05, 0.1) is 12.5 Å². The van der Waals surface area contributed by atoms with Crippen molar-refractivity contribution in [3.8, 4) is 0 Å². The second kappa shape index (κ2) is 6.82. The van der Waals surface area contributed by atoms with Crippen molar-refractivity contribution in [3.05, 3.63) is 6.33 Å². The maximum atomic E-state index is 12.0. The summed E-state index contributed by atoms with van der Waals surface area (Å²) in [5.41, 5.74) is 0. The Morgan fingerprint density at radius 2 is 2.14 bits per heavy atom. The normalized spacial score (nSPS) is 15.6. The van der Waals surface area contributed by atoms with Crippen LogP contribution in [0.2, 0.25) is 0 Å². The zero-order chi connectivity index (χ0) is 15.2. The fourth-order valence-electron chi connectivity index (χ4n) is 2.15. The summed E-state index contributed by atoms with van der Waals surface area (Å²) in [5, 5.41) is 8.33. The summed E-state index contributed by atoms with van der Waals surface area (Å²) < 4.78 is 4.95. The van der Waals surface area contributed by atoms with Crippen LogP contribution >= 0.6 is 0 Å². The number of nitrogens with zero attached hydrogens (tertiary/aromatic N) is 3. The number of hydrogen-bond acceptors (Lipinski definition) is 6. The first-order valence-electron chi connectivity index (χ1n) is 6.74. The van der Waals surface area contributed by atoms with Gasteiger partial charge in [0.2, 0.25) is 5.95 Å². The lowest BCUT2D eigenvalue weighted by atomic mass is 9.97. The summed E-state index contributed by atoms with van der Waals surface area (Å²) >= 11 is 0. The molecule has 1 saturated heterocycles. The first kappa shape index (κ1) is 14.9. The number of amides is 2. The SMILES string of the molecule is CCOC(=O)C1CCN(C(=O)C(=O)Nc2ncn[nH]2)CC1. The van der Waals surface area contributed by atoms with E-state index in [9.17, 15) is 14.4 Å². The van der Waals surface area contributed by atoms with Gasteiger partial charge in [-0.1, -0.05) is 0 Å². The van der Waals surface area contributed by atoms with Gasteiger partial charge < -0.3 is 9.64 Å². The standard InChI is InChI=1S/C12H17N5O4/c1-2-21-11(20)8-3-5-17(6-4-8)10(19)9(18)15-12-13-7-14-16-12/h7-8H,2-6H2,1H3,(H2,13,14,15,16,18). The molecule has 21 heavy (non-hydrogen) atoms. The number of anilines is 1. The Balaban J connectivity index is 1.82. The van der Waals surface area contributed by atoms with E-state index in [1.54, 1.807) is 6.92 Å². The van der Waals surface area contributed by atoms with Gasteiger partial charge in [-0.25, -0.2) is 5.10 Å². The average Bonchev–Trinajstić information content (AvgIpc) is 3.00. The zero-order valence-corrected chi connectivity index (χ0v) is 11.7. The van der Waals surface area contributed by atoms with Gasteiger partial charge in [0.1, 0.15) is 6.33 Å². The fraction of sp³-hybridized carbons (Fsp3) is 0.583. The molecule has 114 valence electrons. The summed E-state index contributed by atoms with van der Waals surface area (Å²) in [4.78, 5) is 40.4. The third kappa shape index (κ3) is 3.77. The molecule has 1 aliphatic heterocycles. The number of aromatic amines is 1. The number of carbonyl (C=O) groups excluding carboxylic acids is 3. The van der Waals surface area contributed by atoms with Crippen LogP contribution in [0.15, 0.2) is 6.33 Å². The molecule has 2 rings (SSSR count). The highest BCUT2D eigenvalue weighted by molar-refractivity contribution is 6.39. The number of carbonyl (C=O) groups is 3. The van der Waals surface area contributed by atoms with Crippen LogP contribution in [0.3, 0.4) is 0 Å². The van der Waals surface area contributed by atoms with Gasteiger partial charge in [-0.15, -0.1) is 0 Å². The highest BCUT2D eigenvalue weighted by Gasteiger charge is 2.30. The van der Waals surface area contributed by atoms with E-state index in [2.05, 4.69) is 20.5 Å². The Labute approximate surface area is 121 Å². The van der Waals surface area contributed by atoms with Crippen molar-refractivity contribution in [1.82, 2.24) is 20.1 Å². The van der Waals surface area contributed by atoms with Gasteiger partial charge in [0.25, 0.3) is 0 Å². The number of aromatic nitrogens is 3. The Morgan fingerprint density at radius 1 is 1.43 bits per heavy atom. The number of esters is 1. The molecule has 2 amide bonds. The van der Waals surface area contributed by atoms with Gasteiger partial charge >= 0.3 is 17.8 Å². The molecule has 0 unspecified atom stereocenters. The number of rotatable bonds is 3. The monoisotopic (exact) mass is 295 g/mol. The van der Waals surface area contributed by atoms with Crippen LogP contribution in [0.25, 0.3) is 0 Å². The van der Waals surface area contributed by atoms with E-state index in [1.807, 2.05) is 0 Å². The Morgan fingerprint density at radius 3 is 2.71 bits per heavy atom. The van der Waals surface area contributed by atoms with E-state index in [1.165, 1.54) is 11.2 Å². The molecule has 0 aliphatic carbocycles. The number of hydrogen-bond donors (Lipinski definition) is 2. The molecule has 0 bridgehead atoms. The summed E-state index contributed by atoms with van der Waals surface area (Å²) in [5.74, 6) is -1.74. The highest BCUT2D eigenvalue weighted by atomic mass is 16.5. The molecule has 0 aromatic carbocycles. The molecular weight excluding hydrogens is 278 g/mol. The second-order valence-corrected chi connectivity index (χ2v) is 4.61. The molecule has 2 heterocycles. The molecule has 9 nitrogen and oxygen atoms in total. The number of likely N-dealkylation sites (tertiary alicyclic amines) is 1. The van der Waals surface area contributed by atoms with Crippen molar-refractivity contribution < 1.29 is 19.1 Å². The smallest absolute Gasteiger partial charge is 0.316 e. The molecule has 1 aromatic heterocycles. The zero-order valence-electron chi connectivity index (χ0n) is 11.7. The van der Waals surface area contributed by atoms with Crippen LogP contribution in [0.1, 0.15) is 19.8 Å². The lowest BCUT2D eigenvalue weighted by molar-refractivity contribution is -0.152. The van der Waals surface area contributed by atoms with E-state index in [-0.39, 0.29) is 17.8 Å². The van der Waals surface area contributed by atoms with Crippen molar-refractivity contribution in [3.63, 3.8) is 0 Å². The first-order valence-corrected chi connectivity index (χ1v) is 6.74. The molecule has 0 atom stereocenters. The minimum Gasteiger partial charge on any atom is -0.466 e. The predicted octanol–water partition coefficient (Wildman–Crippen LogP) is -0.455. The largest absolute Gasteiger partial charge is 0.466 e. The third-order valence-electron chi connectivity index (χ3n) is 3.24. The minimum atomic E-state index is -0.777. The highest BCUT2D eigenvalue weighted by Crippen LogP contribution is 2.18. The lowest BCUT2D eigenvalue weighted by Crippen LogP contribution is -2.45. The summed E-state index contributed by atoms with van der Waals surface area (Å²) in [7, 11) is 0. The van der Waals surface area contributed by atoms with Gasteiger partial charge in [-0.05, 0) is 19.8 Å². The number of H-pyrrole nitrogens is 1. The van der Waals surface area contributed by atoms with Gasteiger partial charge in [0, 0.05) is 13.1 Å². The number of nitrogens with one attached hydrogen (secondary N) is 2. The molecule has 1 aliphatic rings. The van der Waals surface area contributed by atoms with Crippen molar-refractivity contribution in [2.45, 2.75) is 19.8 Å². The van der Waals surface area contributed by atoms with E-state index in [0.29, 0.717) is 32.5 Å². The molecule has 1 aromatic rings. The molecule has 1 fully saturated rings. The predicted molar refractivity (Wildman–Crippen MR) is 70.9 cm³/mol. The third-order valence-corrected chi connectivity index (χ3v) is 3.24. The molecule has 0 radical (unpaired) electrons. The van der Waals surface area contributed by atoms with Gasteiger partial charge in [-0.2, -0.15) is 10.1 Å². The minimum absolute atomic E-state index is 0.120. The van der Waals surface area contributed by atoms with E-state index >= 15 is 0 Å². The maximum absolute atomic E-state index is 12.0. The molecule has 2 N–H and O–H groups in total. The van der Waals surface area contributed by atoms with Crippen molar-refractivity contribution in [2.24, 2.45) is 5.92 Å². The van der Waals surface area contributed by atoms with E-state index < -0.39 is 11.8 Å². The fourth-order valence-corrected chi connectivity index (χ4v) is 2.15. The van der Waals surface area contributed by atoms with Crippen molar-refractivity contribution in [1.29, 1.82) is 0 Å². The van der Waals surface area contributed by atoms with Crippen LogP contribution in [-0.4, -0.2) is 57.6 Å². The summed E-state index contributed by atoms with van der Waals surface area (Å²) in [6.07, 6.45) is 2.23. The average molecular weight is 295 g/mol. The van der Waals surface area contributed by atoms with Crippen molar-refractivity contribution >= 4 is 23.7 Å². The van der Waals surface area contributed by atoms with Crippen LogP contribution in [0, 0.1) is 5.92 Å². The Bertz CT molecular complexity index is 508. The summed E-state index contributed by atoms with van der Waals surface area (Å²) in [6, 6.07) is 0. The Hall–Kier alpha value is -2.45. The molecule has 9 heteroatoms. The van der Waals surface area contributed by atoms with Crippen LogP contribution in [-0.2, 0) is 19.1 Å². The van der Waals surface area contributed by atoms with Crippen LogP contribution in [0.4, 0.5) is 5.95 Å². The number of ether oxygens (including phenoxy) is 1. The van der Waals surface area contributed by atoms with Crippen molar-refractivity contribution in [2.75, 3.05) is 25.0 Å².